The molecule has 0 spiro atoms. The van der Waals surface area contributed by atoms with E-state index in [0.717, 1.165) is 23.8 Å². The summed E-state index contributed by atoms with van der Waals surface area (Å²) in [5, 5.41) is 3.78. The van der Waals surface area contributed by atoms with E-state index in [0.29, 0.717) is 0 Å². The molecule has 0 bridgehead atoms. The van der Waals surface area contributed by atoms with Gasteiger partial charge in [-0.15, -0.1) is 0 Å². The van der Waals surface area contributed by atoms with Gasteiger partial charge in [0.15, 0.2) is 0 Å². The number of hydrogen-bond donors (Lipinski definition) is 1. The lowest BCUT2D eigenvalue weighted by Gasteiger charge is -2.34. The van der Waals surface area contributed by atoms with Gasteiger partial charge in [0.05, 0.1) is 0 Å². The molecule has 0 amide bonds. The molecule has 1 nitrogen and oxygen atoms in total. The van der Waals surface area contributed by atoms with Crippen molar-refractivity contribution in [1.82, 2.24) is 5.32 Å². The molecule has 17 heavy (non-hydrogen) atoms. The molecule has 0 aromatic heterocycles. The molecule has 3 unspecified atom stereocenters. The molecule has 1 rings (SSSR count). The van der Waals surface area contributed by atoms with E-state index in [1.807, 2.05) is 0 Å². The van der Waals surface area contributed by atoms with Gasteiger partial charge in [0.1, 0.15) is 0 Å². The van der Waals surface area contributed by atoms with Gasteiger partial charge in [-0.1, -0.05) is 40.5 Å². The minimum atomic E-state index is 0.818. The summed E-state index contributed by atoms with van der Waals surface area (Å²) in [5.41, 5.74) is 0. The highest BCUT2D eigenvalue weighted by Gasteiger charge is 2.25. The predicted molar refractivity (Wildman–Crippen MR) is 77.3 cm³/mol. The topological polar surface area (TPSA) is 12.0 Å². The summed E-state index contributed by atoms with van der Waals surface area (Å²) in [4.78, 5) is 0. The van der Waals surface area contributed by atoms with E-state index in [4.69, 9.17) is 0 Å². The van der Waals surface area contributed by atoms with Crippen molar-refractivity contribution in [3.8, 4) is 0 Å². The van der Waals surface area contributed by atoms with Crippen LogP contribution in [-0.4, -0.2) is 12.6 Å². The summed E-state index contributed by atoms with van der Waals surface area (Å²) in [6.07, 6.45) is 9.89. The zero-order valence-corrected chi connectivity index (χ0v) is 12.5. The van der Waals surface area contributed by atoms with Gasteiger partial charge < -0.3 is 5.32 Å². The fraction of sp³-hybridized carbons (Fsp3) is 1.00. The maximum Gasteiger partial charge on any atom is 0.00954 e. The summed E-state index contributed by atoms with van der Waals surface area (Å²) in [6, 6.07) is 0.818. The SMILES string of the molecule is CCCNC1CCCCC1CC(C)CC(C)C. The first-order valence-corrected chi connectivity index (χ1v) is 7.86. The van der Waals surface area contributed by atoms with Gasteiger partial charge in [0.25, 0.3) is 0 Å². The van der Waals surface area contributed by atoms with Gasteiger partial charge >= 0.3 is 0 Å². The second-order valence-corrected chi connectivity index (χ2v) is 6.58. The Kier molecular flexibility index (Phi) is 7.18. The van der Waals surface area contributed by atoms with Crippen molar-refractivity contribution in [3.05, 3.63) is 0 Å². The number of nitrogens with one attached hydrogen (secondary N) is 1. The second kappa shape index (κ2) is 8.13. The van der Waals surface area contributed by atoms with Gasteiger partial charge in [-0.3, -0.25) is 0 Å². The van der Waals surface area contributed by atoms with E-state index in [9.17, 15) is 0 Å². The fourth-order valence-electron chi connectivity index (χ4n) is 3.51. The van der Waals surface area contributed by atoms with Crippen LogP contribution in [0.3, 0.4) is 0 Å². The third-order valence-electron chi connectivity index (χ3n) is 4.14. The van der Waals surface area contributed by atoms with Crippen LogP contribution in [0.15, 0.2) is 0 Å². The summed E-state index contributed by atoms with van der Waals surface area (Å²) in [5.74, 6) is 2.71. The van der Waals surface area contributed by atoms with E-state index in [-0.39, 0.29) is 0 Å². The van der Waals surface area contributed by atoms with Crippen LogP contribution in [0.1, 0.15) is 72.6 Å². The Morgan fingerprint density at radius 1 is 1.12 bits per heavy atom. The van der Waals surface area contributed by atoms with E-state index < -0.39 is 0 Å². The predicted octanol–water partition coefficient (Wildman–Crippen LogP) is 4.62. The van der Waals surface area contributed by atoms with E-state index >= 15 is 0 Å². The Morgan fingerprint density at radius 3 is 2.47 bits per heavy atom. The Labute approximate surface area is 109 Å². The average molecular weight is 239 g/mol. The highest BCUT2D eigenvalue weighted by atomic mass is 14.9. The van der Waals surface area contributed by atoms with Gasteiger partial charge in [0, 0.05) is 6.04 Å². The third kappa shape index (κ3) is 5.90. The molecule has 0 radical (unpaired) electrons. The van der Waals surface area contributed by atoms with Crippen molar-refractivity contribution >= 4 is 0 Å². The maximum absolute atomic E-state index is 3.78. The zero-order valence-electron chi connectivity index (χ0n) is 12.5. The molecule has 1 aliphatic carbocycles. The standard InChI is InChI=1S/C16H33N/c1-5-10-17-16-9-7-6-8-15(16)12-14(4)11-13(2)3/h13-17H,5-12H2,1-4H3. The van der Waals surface area contributed by atoms with Crippen LogP contribution >= 0.6 is 0 Å². The smallest absolute Gasteiger partial charge is 0.00954 e. The molecular formula is C16H33N. The molecule has 0 aromatic carbocycles. The summed E-state index contributed by atoms with van der Waals surface area (Å²) < 4.78 is 0. The molecule has 0 saturated heterocycles. The van der Waals surface area contributed by atoms with Crippen LogP contribution in [0.2, 0.25) is 0 Å². The van der Waals surface area contributed by atoms with Gasteiger partial charge in [-0.05, 0) is 56.4 Å². The molecule has 0 heterocycles. The van der Waals surface area contributed by atoms with Crippen LogP contribution < -0.4 is 5.32 Å². The lowest BCUT2D eigenvalue weighted by atomic mass is 9.78. The van der Waals surface area contributed by atoms with Crippen molar-refractivity contribution in [2.24, 2.45) is 17.8 Å². The normalized spacial score (nSPS) is 27.4. The van der Waals surface area contributed by atoms with Crippen LogP contribution in [-0.2, 0) is 0 Å². The maximum atomic E-state index is 3.78. The van der Waals surface area contributed by atoms with Gasteiger partial charge in [-0.2, -0.15) is 0 Å². The van der Waals surface area contributed by atoms with Crippen molar-refractivity contribution in [2.75, 3.05) is 6.54 Å². The van der Waals surface area contributed by atoms with Crippen molar-refractivity contribution < 1.29 is 0 Å². The molecule has 1 N–H and O–H groups in total. The van der Waals surface area contributed by atoms with Crippen LogP contribution in [0.25, 0.3) is 0 Å². The van der Waals surface area contributed by atoms with E-state index in [1.165, 1.54) is 51.5 Å². The fourth-order valence-corrected chi connectivity index (χ4v) is 3.51. The monoisotopic (exact) mass is 239 g/mol. The van der Waals surface area contributed by atoms with E-state index in [2.05, 4.69) is 33.0 Å². The highest BCUT2D eigenvalue weighted by molar-refractivity contribution is 4.82. The van der Waals surface area contributed by atoms with Crippen molar-refractivity contribution in [3.63, 3.8) is 0 Å². The van der Waals surface area contributed by atoms with E-state index in [1.54, 1.807) is 0 Å². The summed E-state index contributed by atoms with van der Waals surface area (Å²) in [6.45, 7) is 10.6. The molecule has 3 atom stereocenters. The van der Waals surface area contributed by atoms with Gasteiger partial charge in [-0.25, -0.2) is 0 Å². The number of rotatable bonds is 7. The lowest BCUT2D eigenvalue weighted by molar-refractivity contribution is 0.214. The molecule has 1 fully saturated rings. The van der Waals surface area contributed by atoms with Gasteiger partial charge in [0.2, 0.25) is 0 Å². The molecule has 1 aliphatic rings. The van der Waals surface area contributed by atoms with Crippen molar-refractivity contribution in [2.45, 2.75) is 78.7 Å². The first-order valence-electron chi connectivity index (χ1n) is 7.86. The van der Waals surface area contributed by atoms with Crippen LogP contribution in [0, 0.1) is 17.8 Å². The van der Waals surface area contributed by atoms with Crippen molar-refractivity contribution in [1.29, 1.82) is 0 Å². The molecule has 1 saturated carbocycles. The summed E-state index contributed by atoms with van der Waals surface area (Å²) >= 11 is 0. The zero-order chi connectivity index (χ0) is 12.7. The number of hydrogen-bond acceptors (Lipinski definition) is 1. The lowest BCUT2D eigenvalue weighted by Crippen LogP contribution is -2.39. The molecule has 0 aromatic rings. The third-order valence-corrected chi connectivity index (χ3v) is 4.14. The van der Waals surface area contributed by atoms with Crippen LogP contribution in [0.4, 0.5) is 0 Å². The first kappa shape index (κ1) is 15.0. The van der Waals surface area contributed by atoms with Crippen LogP contribution in [0.5, 0.6) is 0 Å². The quantitative estimate of drug-likeness (QED) is 0.683. The molecule has 1 heteroatoms. The molecule has 0 aliphatic heterocycles. The second-order valence-electron chi connectivity index (χ2n) is 6.58. The minimum Gasteiger partial charge on any atom is -0.314 e. The minimum absolute atomic E-state index is 0.818. The molecular weight excluding hydrogens is 206 g/mol. The summed E-state index contributed by atoms with van der Waals surface area (Å²) in [7, 11) is 0. The first-order chi connectivity index (χ1) is 8.13. The Bertz CT molecular complexity index is 188. The highest BCUT2D eigenvalue weighted by Crippen LogP contribution is 2.31. The Hall–Kier alpha value is -0.0400. The Balaban J connectivity index is 2.36. The average Bonchev–Trinajstić information content (AvgIpc) is 2.26. The molecule has 102 valence electrons. The Morgan fingerprint density at radius 2 is 1.82 bits per heavy atom. The largest absolute Gasteiger partial charge is 0.314 e.